The lowest BCUT2D eigenvalue weighted by Gasteiger charge is -2.04. The molecule has 2 aromatic rings. The standard InChI is InChI=1S/C16H15N/c1-11-8-9-12(2)16-14(11)10-15(17-16)13-6-4-3-5-7-13/h3-9H,10H2,1-2H3. The number of nitrogens with zero attached hydrogens (tertiary/aromatic N) is 1. The molecule has 0 fully saturated rings. The summed E-state index contributed by atoms with van der Waals surface area (Å²) in [4.78, 5) is 4.80. The first-order valence-corrected chi connectivity index (χ1v) is 5.98. The van der Waals surface area contributed by atoms with Crippen LogP contribution in [0.15, 0.2) is 47.5 Å². The van der Waals surface area contributed by atoms with Crippen LogP contribution in [0.3, 0.4) is 0 Å². The van der Waals surface area contributed by atoms with Gasteiger partial charge in [0.1, 0.15) is 0 Å². The lowest BCUT2D eigenvalue weighted by Crippen LogP contribution is -2.00. The van der Waals surface area contributed by atoms with Gasteiger partial charge in [0.2, 0.25) is 0 Å². The molecule has 84 valence electrons. The zero-order valence-corrected chi connectivity index (χ0v) is 10.2. The number of benzene rings is 2. The Morgan fingerprint density at radius 3 is 2.29 bits per heavy atom. The van der Waals surface area contributed by atoms with Crippen molar-refractivity contribution < 1.29 is 0 Å². The molecule has 1 heterocycles. The zero-order chi connectivity index (χ0) is 11.8. The molecule has 0 radical (unpaired) electrons. The second-order valence-corrected chi connectivity index (χ2v) is 4.63. The number of aryl methyl sites for hydroxylation is 2. The molecule has 0 unspecified atom stereocenters. The first kappa shape index (κ1) is 10.3. The second kappa shape index (κ2) is 3.85. The molecule has 0 atom stereocenters. The molecular formula is C16H15N. The van der Waals surface area contributed by atoms with Gasteiger partial charge in [0, 0.05) is 6.42 Å². The third-order valence-corrected chi connectivity index (χ3v) is 3.42. The normalized spacial score (nSPS) is 13.4. The summed E-state index contributed by atoms with van der Waals surface area (Å²) in [5.74, 6) is 0. The van der Waals surface area contributed by atoms with Crippen molar-refractivity contribution in [2.75, 3.05) is 0 Å². The van der Waals surface area contributed by atoms with Crippen molar-refractivity contribution in [2.45, 2.75) is 20.3 Å². The SMILES string of the molecule is Cc1ccc(C)c2c1CC(c1ccccc1)=N2. The fraction of sp³-hybridized carbons (Fsp3) is 0.188. The molecule has 0 bridgehead atoms. The van der Waals surface area contributed by atoms with Gasteiger partial charge in [-0.3, -0.25) is 4.99 Å². The van der Waals surface area contributed by atoms with Gasteiger partial charge < -0.3 is 0 Å². The van der Waals surface area contributed by atoms with Crippen LogP contribution in [0.4, 0.5) is 5.69 Å². The van der Waals surface area contributed by atoms with E-state index in [1.165, 1.54) is 33.7 Å². The molecule has 17 heavy (non-hydrogen) atoms. The minimum Gasteiger partial charge on any atom is -0.252 e. The van der Waals surface area contributed by atoms with E-state index in [-0.39, 0.29) is 0 Å². The van der Waals surface area contributed by atoms with Crippen LogP contribution in [-0.4, -0.2) is 5.71 Å². The molecule has 1 aliphatic heterocycles. The monoisotopic (exact) mass is 221 g/mol. The summed E-state index contributed by atoms with van der Waals surface area (Å²) in [5.41, 5.74) is 7.63. The summed E-state index contributed by atoms with van der Waals surface area (Å²) in [6, 6.07) is 14.8. The van der Waals surface area contributed by atoms with Crippen LogP contribution in [0.5, 0.6) is 0 Å². The molecule has 1 heteroatoms. The maximum absolute atomic E-state index is 4.80. The highest BCUT2D eigenvalue weighted by Gasteiger charge is 2.18. The average Bonchev–Trinajstić information content (AvgIpc) is 2.81. The van der Waals surface area contributed by atoms with Crippen LogP contribution >= 0.6 is 0 Å². The molecule has 0 saturated heterocycles. The van der Waals surface area contributed by atoms with Crippen LogP contribution < -0.4 is 0 Å². The quantitative estimate of drug-likeness (QED) is 0.690. The van der Waals surface area contributed by atoms with E-state index in [9.17, 15) is 0 Å². The van der Waals surface area contributed by atoms with Crippen LogP contribution in [0.25, 0.3) is 0 Å². The molecule has 0 spiro atoms. The van der Waals surface area contributed by atoms with Crippen LogP contribution in [0.1, 0.15) is 22.3 Å². The molecule has 2 aromatic carbocycles. The lowest BCUT2D eigenvalue weighted by atomic mass is 9.99. The van der Waals surface area contributed by atoms with Gasteiger partial charge in [-0.25, -0.2) is 0 Å². The molecule has 0 saturated carbocycles. The van der Waals surface area contributed by atoms with Crippen molar-refractivity contribution in [3.8, 4) is 0 Å². The van der Waals surface area contributed by atoms with E-state index in [2.05, 4.69) is 50.2 Å². The minimum atomic E-state index is 0.965. The van der Waals surface area contributed by atoms with Gasteiger partial charge in [0.25, 0.3) is 0 Å². The summed E-state index contributed by atoms with van der Waals surface area (Å²) < 4.78 is 0. The summed E-state index contributed by atoms with van der Waals surface area (Å²) >= 11 is 0. The molecule has 0 amide bonds. The van der Waals surface area contributed by atoms with Crippen molar-refractivity contribution in [2.24, 2.45) is 4.99 Å². The van der Waals surface area contributed by atoms with E-state index in [4.69, 9.17) is 4.99 Å². The number of fused-ring (bicyclic) bond motifs is 1. The highest BCUT2D eigenvalue weighted by atomic mass is 14.8. The Kier molecular flexibility index (Phi) is 2.32. The van der Waals surface area contributed by atoms with Gasteiger partial charge in [-0.2, -0.15) is 0 Å². The Balaban J connectivity index is 2.09. The van der Waals surface area contributed by atoms with Crippen LogP contribution in [0.2, 0.25) is 0 Å². The molecule has 0 N–H and O–H groups in total. The van der Waals surface area contributed by atoms with Crippen molar-refractivity contribution >= 4 is 11.4 Å². The molecule has 0 aliphatic carbocycles. The van der Waals surface area contributed by atoms with E-state index >= 15 is 0 Å². The first-order valence-electron chi connectivity index (χ1n) is 5.98. The number of hydrogen-bond donors (Lipinski definition) is 0. The Bertz CT molecular complexity index is 594. The van der Waals surface area contributed by atoms with Crippen molar-refractivity contribution in [3.63, 3.8) is 0 Å². The molecule has 0 aromatic heterocycles. The average molecular weight is 221 g/mol. The van der Waals surface area contributed by atoms with Crippen LogP contribution in [0, 0.1) is 13.8 Å². The fourth-order valence-corrected chi connectivity index (χ4v) is 2.37. The lowest BCUT2D eigenvalue weighted by molar-refractivity contribution is 1.27. The van der Waals surface area contributed by atoms with Crippen molar-refractivity contribution in [3.05, 3.63) is 64.7 Å². The number of hydrogen-bond acceptors (Lipinski definition) is 1. The Morgan fingerprint density at radius 2 is 1.59 bits per heavy atom. The summed E-state index contributed by atoms with van der Waals surface area (Å²) in [5, 5.41) is 0. The summed E-state index contributed by atoms with van der Waals surface area (Å²) in [6.45, 7) is 4.30. The predicted octanol–water partition coefficient (Wildman–Crippen LogP) is 3.98. The fourth-order valence-electron chi connectivity index (χ4n) is 2.37. The smallest absolute Gasteiger partial charge is 0.0701 e. The Hall–Kier alpha value is -1.89. The maximum Gasteiger partial charge on any atom is 0.0701 e. The molecular weight excluding hydrogens is 206 g/mol. The molecule has 1 aliphatic rings. The molecule has 1 nitrogen and oxygen atoms in total. The highest BCUT2D eigenvalue weighted by Crippen LogP contribution is 2.34. The Morgan fingerprint density at radius 1 is 0.882 bits per heavy atom. The highest BCUT2D eigenvalue weighted by molar-refractivity contribution is 6.07. The van der Waals surface area contributed by atoms with Crippen molar-refractivity contribution in [1.82, 2.24) is 0 Å². The van der Waals surface area contributed by atoms with Gasteiger partial charge in [0.15, 0.2) is 0 Å². The number of aliphatic imine (C=N–C) groups is 1. The van der Waals surface area contributed by atoms with Gasteiger partial charge in [-0.1, -0.05) is 42.5 Å². The van der Waals surface area contributed by atoms with Gasteiger partial charge in [0.05, 0.1) is 11.4 Å². The van der Waals surface area contributed by atoms with Crippen molar-refractivity contribution in [1.29, 1.82) is 0 Å². The van der Waals surface area contributed by atoms with E-state index in [0.29, 0.717) is 0 Å². The van der Waals surface area contributed by atoms with E-state index in [1.54, 1.807) is 0 Å². The van der Waals surface area contributed by atoms with E-state index in [0.717, 1.165) is 6.42 Å². The molecule has 3 rings (SSSR count). The topological polar surface area (TPSA) is 12.4 Å². The second-order valence-electron chi connectivity index (χ2n) is 4.63. The number of rotatable bonds is 1. The van der Waals surface area contributed by atoms with Gasteiger partial charge >= 0.3 is 0 Å². The minimum absolute atomic E-state index is 0.965. The van der Waals surface area contributed by atoms with Crippen LogP contribution in [-0.2, 0) is 6.42 Å². The van der Waals surface area contributed by atoms with Gasteiger partial charge in [-0.15, -0.1) is 0 Å². The maximum atomic E-state index is 4.80. The Labute approximate surface area is 102 Å². The zero-order valence-electron chi connectivity index (χ0n) is 10.2. The third-order valence-electron chi connectivity index (χ3n) is 3.42. The third kappa shape index (κ3) is 1.68. The summed E-state index contributed by atoms with van der Waals surface area (Å²) in [6.07, 6.45) is 0.965. The first-order chi connectivity index (χ1) is 8.25. The summed E-state index contributed by atoms with van der Waals surface area (Å²) in [7, 11) is 0. The van der Waals surface area contributed by atoms with E-state index in [1.807, 2.05) is 6.07 Å². The van der Waals surface area contributed by atoms with E-state index < -0.39 is 0 Å². The van der Waals surface area contributed by atoms with Gasteiger partial charge in [-0.05, 0) is 36.1 Å². The predicted molar refractivity (Wildman–Crippen MR) is 72.3 cm³/mol. The largest absolute Gasteiger partial charge is 0.252 e.